The molecule has 3 aromatic carbocycles. The van der Waals surface area contributed by atoms with Gasteiger partial charge in [-0.3, -0.25) is 9.52 Å². The number of para-hydroxylation sites is 2. The minimum Gasteiger partial charge on any atom is -0.378 e. The second-order valence-electron chi connectivity index (χ2n) is 7.57. The Morgan fingerprint density at radius 2 is 1.69 bits per heavy atom. The van der Waals surface area contributed by atoms with Crippen LogP contribution in [0.1, 0.15) is 15.9 Å². The van der Waals surface area contributed by atoms with Crippen LogP contribution in [0.25, 0.3) is 0 Å². The number of amides is 1. The Kier molecular flexibility index (Phi) is 6.43. The maximum absolute atomic E-state index is 13.0. The zero-order valence-electron chi connectivity index (χ0n) is 17.7. The Morgan fingerprint density at radius 1 is 0.938 bits per heavy atom. The highest BCUT2D eigenvalue weighted by Crippen LogP contribution is 2.27. The van der Waals surface area contributed by atoms with Crippen molar-refractivity contribution in [1.82, 2.24) is 0 Å². The van der Waals surface area contributed by atoms with Gasteiger partial charge in [-0.25, -0.2) is 8.42 Å². The number of carbonyl (C=O) groups is 1. The molecule has 0 unspecified atom stereocenters. The number of hydrogen-bond donors (Lipinski definition) is 2. The molecule has 1 aliphatic rings. The molecule has 4 rings (SSSR count). The first kappa shape index (κ1) is 21.9. The van der Waals surface area contributed by atoms with Crippen molar-refractivity contribution in [2.24, 2.45) is 0 Å². The number of anilines is 3. The van der Waals surface area contributed by atoms with E-state index in [0.717, 1.165) is 24.3 Å². The molecule has 0 spiro atoms. The summed E-state index contributed by atoms with van der Waals surface area (Å²) in [5, 5.41) is 2.92. The third kappa shape index (κ3) is 5.09. The second-order valence-corrected chi connectivity index (χ2v) is 9.26. The number of aryl methyl sites for hydroxylation is 1. The molecule has 32 heavy (non-hydrogen) atoms. The van der Waals surface area contributed by atoms with Gasteiger partial charge in [0.1, 0.15) is 0 Å². The van der Waals surface area contributed by atoms with E-state index in [2.05, 4.69) is 14.9 Å². The Balaban J connectivity index is 1.54. The number of nitrogens with one attached hydrogen (secondary N) is 2. The molecule has 8 heteroatoms. The predicted octanol–water partition coefficient (Wildman–Crippen LogP) is 3.88. The number of ether oxygens (including phenoxy) is 1. The second kappa shape index (κ2) is 9.42. The van der Waals surface area contributed by atoms with Crippen molar-refractivity contribution in [2.75, 3.05) is 41.2 Å². The summed E-state index contributed by atoms with van der Waals surface area (Å²) in [5.41, 5.74) is 3.25. The van der Waals surface area contributed by atoms with Crippen molar-refractivity contribution in [3.05, 3.63) is 83.9 Å². The fourth-order valence-corrected chi connectivity index (χ4v) is 4.68. The molecule has 0 bridgehead atoms. The zero-order valence-corrected chi connectivity index (χ0v) is 18.6. The average molecular weight is 452 g/mol. The molecule has 3 aromatic rings. The molecule has 1 fully saturated rings. The summed E-state index contributed by atoms with van der Waals surface area (Å²) in [6.07, 6.45) is 0. The molecule has 1 aliphatic heterocycles. The van der Waals surface area contributed by atoms with E-state index in [1.807, 2.05) is 37.3 Å². The van der Waals surface area contributed by atoms with Gasteiger partial charge < -0.3 is 15.0 Å². The highest BCUT2D eigenvalue weighted by atomic mass is 32.2. The molecular weight excluding hydrogens is 426 g/mol. The number of nitrogens with zero attached hydrogens (tertiary/aromatic N) is 1. The minimum absolute atomic E-state index is 0.0214. The summed E-state index contributed by atoms with van der Waals surface area (Å²) in [6.45, 7) is 4.64. The van der Waals surface area contributed by atoms with Crippen LogP contribution in [0.3, 0.4) is 0 Å². The number of benzene rings is 3. The van der Waals surface area contributed by atoms with Gasteiger partial charge in [0, 0.05) is 24.3 Å². The van der Waals surface area contributed by atoms with Crippen molar-refractivity contribution in [3.63, 3.8) is 0 Å². The Hall–Kier alpha value is -3.36. The average Bonchev–Trinajstić information content (AvgIpc) is 2.80. The third-order valence-corrected chi connectivity index (χ3v) is 6.56. The van der Waals surface area contributed by atoms with Crippen LogP contribution in [-0.4, -0.2) is 40.6 Å². The molecule has 0 aromatic heterocycles. The van der Waals surface area contributed by atoms with Crippen molar-refractivity contribution < 1.29 is 17.9 Å². The normalized spacial score (nSPS) is 14.1. The van der Waals surface area contributed by atoms with Crippen LogP contribution < -0.4 is 14.9 Å². The lowest BCUT2D eigenvalue weighted by molar-refractivity contribution is 0.102. The molecule has 1 amide bonds. The van der Waals surface area contributed by atoms with Gasteiger partial charge in [0.25, 0.3) is 15.9 Å². The summed E-state index contributed by atoms with van der Waals surface area (Å²) in [4.78, 5) is 15.1. The highest BCUT2D eigenvalue weighted by molar-refractivity contribution is 7.92. The van der Waals surface area contributed by atoms with Crippen LogP contribution in [0, 0.1) is 6.92 Å². The Labute approximate surface area is 188 Å². The molecule has 0 aliphatic carbocycles. The van der Waals surface area contributed by atoms with E-state index in [-0.39, 0.29) is 16.4 Å². The molecule has 1 saturated heterocycles. The maximum atomic E-state index is 13.0. The molecule has 1 heterocycles. The van der Waals surface area contributed by atoms with Crippen LogP contribution >= 0.6 is 0 Å². The first-order valence-corrected chi connectivity index (χ1v) is 11.8. The van der Waals surface area contributed by atoms with Crippen molar-refractivity contribution in [3.8, 4) is 0 Å². The summed E-state index contributed by atoms with van der Waals surface area (Å²) >= 11 is 0. The van der Waals surface area contributed by atoms with Gasteiger partial charge in [-0.1, -0.05) is 30.3 Å². The van der Waals surface area contributed by atoms with Crippen LogP contribution in [-0.2, 0) is 14.8 Å². The maximum Gasteiger partial charge on any atom is 0.261 e. The van der Waals surface area contributed by atoms with Crippen molar-refractivity contribution in [1.29, 1.82) is 0 Å². The third-order valence-electron chi connectivity index (χ3n) is 5.18. The molecule has 166 valence electrons. The first-order chi connectivity index (χ1) is 15.4. The molecular formula is C24H25N3O4S. The van der Waals surface area contributed by atoms with Gasteiger partial charge in [-0.05, 0) is 55.0 Å². The first-order valence-electron chi connectivity index (χ1n) is 10.3. The lowest BCUT2D eigenvalue weighted by Gasteiger charge is -2.30. The molecule has 0 saturated carbocycles. The zero-order chi connectivity index (χ0) is 22.6. The number of hydrogen-bond acceptors (Lipinski definition) is 5. The summed E-state index contributed by atoms with van der Waals surface area (Å²) in [7, 11) is -3.84. The fraction of sp³-hybridized carbons (Fsp3) is 0.208. The quantitative estimate of drug-likeness (QED) is 0.594. The largest absolute Gasteiger partial charge is 0.378 e. The van der Waals surface area contributed by atoms with E-state index in [9.17, 15) is 13.2 Å². The summed E-state index contributed by atoms with van der Waals surface area (Å²) in [5.74, 6) is -0.377. The van der Waals surface area contributed by atoms with Crippen LogP contribution in [0.4, 0.5) is 17.1 Å². The van der Waals surface area contributed by atoms with Gasteiger partial charge in [-0.2, -0.15) is 0 Å². The molecule has 0 radical (unpaired) electrons. The van der Waals surface area contributed by atoms with E-state index in [1.54, 1.807) is 30.3 Å². The lowest BCUT2D eigenvalue weighted by Crippen LogP contribution is -2.36. The van der Waals surface area contributed by atoms with Gasteiger partial charge in [0.05, 0.1) is 29.5 Å². The lowest BCUT2D eigenvalue weighted by atomic mass is 10.2. The van der Waals surface area contributed by atoms with Crippen molar-refractivity contribution in [2.45, 2.75) is 11.8 Å². The van der Waals surface area contributed by atoms with Crippen molar-refractivity contribution >= 4 is 33.0 Å². The monoisotopic (exact) mass is 451 g/mol. The van der Waals surface area contributed by atoms with E-state index in [0.29, 0.717) is 24.6 Å². The Morgan fingerprint density at radius 3 is 2.47 bits per heavy atom. The summed E-state index contributed by atoms with van der Waals surface area (Å²) in [6, 6.07) is 20.7. The van der Waals surface area contributed by atoms with Crippen LogP contribution in [0.5, 0.6) is 0 Å². The number of morpholine rings is 1. The van der Waals surface area contributed by atoms with E-state index >= 15 is 0 Å². The van der Waals surface area contributed by atoms with Gasteiger partial charge in [-0.15, -0.1) is 0 Å². The SMILES string of the molecule is Cc1cccc(NS(=O)(=O)c2cccc(C(=O)Nc3ccccc3N3CCOCC3)c2)c1. The topological polar surface area (TPSA) is 87.7 Å². The van der Waals surface area contributed by atoms with Gasteiger partial charge >= 0.3 is 0 Å². The summed E-state index contributed by atoms with van der Waals surface area (Å²) < 4.78 is 33.7. The van der Waals surface area contributed by atoms with Crippen LogP contribution in [0.15, 0.2) is 77.7 Å². The smallest absolute Gasteiger partial charge is 0.261 e. The molecule has 7 nitrogen and oxygen atoms in total. The molecule has 2 N–H and O–H groups in total. The highest BCUT2D eigenvalue weighted by Gasteiger charge is 2.19. The standard InChI is InChI=1S/C24H25N3O4S/c1-18-6-4-8-20(16-18)26-32(29,30)21-9-5-7-19(17-21)24(28)25-22-10-2-3-11-23(22)27-12-14-31-15-13-27/h2-11,16-17,26H,12-15H2,1H3,(H,25,28). The van der Waals surface area contributed by atoms with E-state index in [1.165, 1.54) is 12.1 Å². The molecule has 0 atom stereocenters. The fourth-order valence-electron chi connectivity index (χ4n) is 3.58. The number of carbonyl (C=O) groups excluding carboxylic acids is 1. The number of rotatable bonds is 6. The van der Waals surface area contributed by atoms with E-state index < -0.39 is 10.0 Å². The predicted molar refractivity (Wildman–Crippen MR) is 126 cm³/mol. The Bertz CT molecular complexity index is 1220. The van der Waals surface area contributed by atoms with E-state index in [4.69, 9.17) is 4.74 Å². The number of sulfonamides is 1. The van der Waals surface area contributed by atoms with Crippen LogP contribution in [0.2, 0.25) is 0 Å². The van der Waals surface area contributed by atoms with Gasteiger partial charge in [0.15, 0.2) is 0 Å². The minimum atomic E-state index is -3.84. The van der Waals surface area contributed by atoms with Gasteiger partial charge in [0.2, 0.25) is 0 Å².